The van der Waals surface area contributed by atoms with Gasteiger partial charge in [0.1, 0.15) is 11.6 Å². The Balaban J connectivity index is 0.00000272. The number of guanidine groups is 1. The van der Waals surface area contributed by atoms with Crippen molar-refractivity contribution in [2.24, 2.45) is 4.99 Å². The molecule has 1 fully saturated rings. The Bertz CT molecular complexity index is 998. The van der Waals surface area contributed by atoms with Crippen molar-refractivity contribution in [1.82, 2.24) is 25.2 Å². The van der Waals surface area contributed by atoms with E-state index in [9.17, 15) is 4.39 Å². The molecule has 1 aromatic carbocycles. The van der Waals surface area contributed by atoms with Gasteiger partial charge >= 0.3 is 0 Å². The van der Waals surface area contributed by atoms with Crippen LogP contribution in [0, 0.1) is 5.82 Å². The molecular weight excluding hydrogens is 508 g/mol. The monoisotopic (exact) mass is 537 g/mol. The molecule has 2 N–H and O–H groups in total. The van der Waals surface area contributed by atoms with E-state index in [4.69, 9.17) is 4.99 Å². The molecule has 9 heteroatoms. The Labute approximate surface area is 199 Å². The summed E-state index contributed by atoms with van der Waals surface area (Å²) in [5, 5.41) is 15.3. The van der Waals surface area contributed by atoms with Crippen LogP contribution in [-0.2, 0) is 6.42 Å². The standard InChI is InChI=1S/C22H28FN7.HI/c1-2-24-22(25-12-9-21-28-27-20-8-3-4-13-30(20)21)26-18-10-14-29(15-11-18)19-7-5-6-17(23)16-19;/h3-8,13,16,18H,2,9-12,14-15H2,1H3,(H2,24,25,26);1H. The van der Waals surface area contributed by atoms with Crippen molar-refractivity contribution in [2.75, 3.05) is 31.1 Å². The van der Waals surface area contributed by atoms with Crippen molar-refractivity contribution < 1.29 is 4.39 Å². The fourth-order valence-electron chi connectivity index (χ4n) is 3.80. The second-order valence-electron chi connectivity index (χ2n) is 7.44. The van der Waals surface area contributed by atoms with E-state index in [0.29, 0.717) is 12.6 Å². The summed E-state index contributed by atoms with van der Waals surface area (Å²) in [4.78, 5) is 6.97. The van der Waals surface area contributed by atoms with Gasteiger partial charge in [0.25, 0.3) is 0 Å². The van der Waals surface area contributed by atoms with Crippen molar-refractivity contribution in [3.8, 4) is 0 Å². The van der Waals surface area contributed by atoms with Gasteiger partial charge in [-0.1, -0.05) is 12.1 Å². The third-order valence-electron chi connectivity index (χ3n) is 5.34. The highest BCUT2D eigenvalue weighted by molar-refractivity contribution is 14.0. The van der Waals surface area contributed by atoms with Crippen LogP contribution < -0.4 is 15.5 Å². The minimum Gasteiger partial charge on any atom is -0.371 e. The molecule has 166 valence electrons. The predicted molar refractivity (Wildman–Crippen MR) is 133 cm³/mol. The van der Waals surface area contributed by atoms with E-state index in [1.165, 1.54) is 6.07 Å². The van der Waals surface area contributed by atoms with Gasteiger partial charge in [-0.25, -0.2) is 4.39 Å². The van der Waals surface area contributed by atoms with Crippen LogP contribution >= 0.6 is 24.0 Å². The van der Waals surface area contributed by atoms with Crippen LogP contribution in [0.15, 0.2) is 53.7 Å². The molecule has 0 bridgehead atoms. The second-order valence-corrected chi connectivity index (χ2v) is 7.44. The Hall–Kier alpha value is -2.43. The largest absolute Gasteiger partial charge is 0.371 e. The maximum absolute atomic E-state index is 13.5. The van der Waals surface area contributed by atoms with Crippen LogP contribution in [0.2, 0.25) is 0 Å². The maximum atomic E-state index is 13.5. The summed E-state index contributed by atoms with van der Waals surface area (Å²) < 4.78 is 15.5. The van der Waals surface area contributed by atoms with E-state index in [0.717, 1.165) is 62.0 Å². The van der Waals surface area contributed by atoms with Crippen molar-refractivity contribution >= 4 is 41.3 Å². The van der Waals surface area contributed by atoms with Crippen LogP contribution in [0.3, 0.4) is 0 Å². The molecule has 3 heterocycles. The van der Waals surface area contributed by atoms with Crippen molar-refractivity contribution in [1.29, 1.82) is 0 Å². The molecule has 1 aliphatic rings. The van der Waals surface area contributed by atoms with E-state index >= 15 is 0 Å². The van der Waals surface area contributed by atoms with Gasteiger partial charge in [-0.2, -0.15) is 0 Å². The first kappa shape index (κ1) is 23.2. The van der Waals surface area contributed by atoms with Crippen molar-refractivity contribution in [3.05, 3.63) is 60.3 Å². The second kappa shape index (κ2) is 11.3. The fraction of sp³-hybridized carbons (Fsp3) is 0.409. The van der Waals surface area contributed by atoms with Gasteiger partial charge < -0.3 is 15.5 Å². The molecule has 0 saturated carbocycles. The Morgan fingerprint density at radius 2 is 2.00 bits per heavy atom. The first-order chi connectivity index (χ1) is 14.7. The van der Waals surface area contributed by atoms with Crippen molar-refractivity contribution in [2.45, 2.75) is 32.2 Å². The quantitative estimate of drug-likeness (QED) is 0.287. The van der Waals surface area contributed by atoms with E-state index < -0.39 is 0 Å². The summed E-state index contributed by atoms with van der Waals surface area (Å²) in [7, 11) is 0. The number of rotatable bonds is 6. The smallest absolute Gasteiger partial charge is 0.191 e. The lowest BCUT2D eigenvalue weighted by atomic mass is 10.0. The summed E-state index contributed by atoms with van der Waals surface area (Å²) in [5.41, 5.74) is 1.81. The van der Waals surface area contributed by atoms with E-state index in [1.54, 1.807) is 12.1 Å². The highest BCUT2D eigenvalue weighted by Crippen LogP contribution is 2.20. The maximum Gasteiger partial charge on any atom is 0.191 e. The Morgan fingerprint density at radius 3 is 2.77 bits per heavy atom. The zero-order valence-corrected chi connectivity index (χ0v) is 20.0. The average molecular weight is 537 g/mol. The number of nitrogens with zero attached hydrogens (tertiary/aromatic N) is 5. The molecule has 7 nitrogen and oxygen atoms in total. The number of benzene rings is 1. The molecule has 4 rings (SSSR count). The fourth-order valence-corrected chi connectivity index (χ4v) is 3.80. The summed E-state index contributed by atoms with van der Waals surface area (Å²) in [6.07, 6.45) is 4.66. The van der Waals surface area contributed by atoms with Crippen LogP contribution in [0.4, 0.5) is 10.1 Å². The number of aromatic nitrogens is 3. The molecular formula is C22H29FIN7. The summed E-state index contributed by atoms with van der Waals surface area (Å²) in [5.74, 6) is 1.55. The zero-order chi connectivity index (χ0) is 20.8. The molecule has 0 atom stereocenters. The van der Waals surface area contributed by atoms with Gasteiger partial charge in [0.05, 0.1) is 0 Å². The molecule has 0 unspecified atom stereocenters. The van der Waals surface area contributed by atoms with Crippen LogP contribution in [-0.4, -0.2) is 52.8 Å². The third kappa shape index (κ3) is 6.05. The highest BCUT2D eigenvalue weighted by atomic mass is 127. The number of anilines is 1. The zero-order valence-electron chi connectivity index (χ0n) is 17.7. The third-order valence-corrected chi connectivity index (χ3v) is 5.34. The average Bonchev–Trinajstić information content (AvgIpc) is 3.18. The summed E-state index contributed by atoms with van der Waals surface area (Å²) >= 11 is 0. The van der Waals surface area contributed by atoms with E-state index in [2.05, 4.69) is 32.7 Å². The number of pyridine rings is 1. The van der Waals surface area contributed by atoms with Gasteiger partial charge in [0.15, 0.2) is 11.6 Å². The molecule has 0 radical (unpaired) electrons. The molecule has 2 aromatic heterocycles. The number of nitrogens with one attached hydrogen (secondary N) is 2. The Kier molecular flexibility index (Phi) is 8.44. The molecule has 1 aliphatic heterocycles. The number of piperidine rings is 1. The van der Waals surface area contributed by atoms with Gasteiger partial charge in [-0.05, 0) is 50.1 Å². The van der Waals surface area contributed by atoms with Crippen LogP contribution in [0.1, 0.15) is 25.6 Å². The molecule has 3 aromatic rings. The number of fused-ring (bicyclic) bond motifs is 1. The lowest BCUT2D eigenvalue weighted by Crippen LogP contribution is -2.48. The highest BCUT2D eigenvalue weighted by Gasteiger charge is 2.20. The lowest BCUT2D eigenvalue weighted by molar-refractivity contribution is 0.461. The van der Waals surface area contributed by atoms with Gasteiger partial charge in [-0.3, -0.25) is 9.39 Å². The first-order valence-corrected chi connectivity index (χ1v) is 10.6. The number of halogens is 2. The van der Waals surface area contributed by atoms with Gasteiger partial charge in [-0.15, -0.1) is 34.2 Å². The minimum absolute atomic E-state index is 0. The van der Waals surface area contributed by atoms with E-state index in [1.807, 2.05) is 34.9 Å². The van der Waals surface area contributed by atoms with Gasteiger partial charge in [0, 0.05) is 50.5 Å². The Morgan fingerprint density at radius 1 is 1.16 bits per heavy atom. The number of hydrogen-bond acceptors (Lipinski definition) is 4. The topological polar surface area (TPSA) is 69.8 Å². The van der Waals surface area contributed by atoms with Crippen LogP contribution in [0.25, 0.3) is 5.65 Å². The van der Waals surface area contributed by atoms with E-state index in [-0.39, 0.29) is 29.8 Å². The van der Waals surface area contributed by atoms with Crippen LogP contribution in [0.5, 0.6) is 0 Å². The van der Waals surface area contributed by atoms with Crippen molar-refractivity contribution in [3.63, 3.8) is 0 Å². The molecule has 0 spiro atoms. The molecule has 0 aliphatic carbocycles. The molecule has 1 saturated heterocycles. The molecule has 0 amide bonds. The molecule has 31 heavy (non-hydrogen) atoms. The SMILES string of the molecule is CCNC(=NCCc1nnc2ccccn12)NC1CCN(c2cccc(F)c2)CC1.I. The van der Waals surface area contributed by atoms with Gasteiger partial charge in [0.2, 0.25) is 0 Å². The number of aliphatic imine (C=N–C) groups is 1. The normalized spacial score (nSPS) is 15.0. The first-order valence-electron chi connectivity index (χ1n) is 10.6. The lowest BCUT2D eigenvalue weighted by Gasteiger charge is -2.34. The predicted octanol–water partition coefficient (Wildman–Crippen LogP) is 3.25. The summed E-state index contributed by atoms with van der Waals surface area (Å²) in [6, 6.07) is 13.1. The summed E-state index contributed by atoms with van der Waals surface area (Å²) in [6.45, 7) is 5.29. The minimum atomic E-state index is -0.185. The number of hydrogen-bond donors (Lipinski definition) is 2.